The zero-order valence-electron chi connectivity index (χ0n) is 13.6. The Morgan fingerprint density at radius 1 is 0.826 bits per heavy atom. The fourth-order valence-corrected chi connectivity index (χ4v) is 2.60. The maximum atomic E-state index is 10.9. The van der Waals surface area contributed by atoms with E-state index in [1.165, 1.54) is 37.7 Å². The van der Waals surface area contributed by atoms with Crippen LogP contribution in [-0.2, 0) is 6.42 Å². The molecule has 0 bridgehead atoms. The summed E-state index contributed by atoms with van der Waals surface area (Å²) in [5, 5.41) is 8.92. The minimum absolute atomic E-state index is 0. The molecular formula is C20H25ClO2. The molecule has 3 heteroatoms. The lowest BCUT2D eigenvalue weighted by atomic mass is 10.00. The zero-order chi connectivity index (χ0) is 15.8. The molecule has 0 aliphatic carbocycles. The van der Waals surface area contributed by atoms with Crippen LogP contribution in [0.2, 0.25) is 0 Å². The Bertz CT molecular complexity index is 588. The van der Waals surface area contributed by atoms with E-state index in [0.29, 0.717) is 5.56 Å². The quantitative estimate of drug-likeness (QED) is 0.603. The number of aryl methyl sites for hydroxylation is 1. The summed E-state index contributed by atoms with van der Waals surface area (Å²) in [4.78, 5) is 10.9. The number of rotatable bonds is 8. The number of halogens is 1. The van der Waals surface area contributed by atoms with Crippen LogP contribution in [0.15, 0.2) is 48.5 Å². The molecule has 0 atom stereocenters. The van der Waals surface area contributed by atoms with Gasteiger partial charge < -0.3 is 5.11 Å². The van der Waals surface area contributed by atoms with Crippen LogP contribution in [0, 0.1) is 0 Å². The lowest BCUT2D eigenvalue weighted by Crippen LogP contribution is -1.95. The highest BCUT2D eigenvalue weighted by Gasteiger charge is 2.03. The minimum Gasteiger partial charge on any atom is -0.478 e. The smallest absolute Gasteiger partial charge is 0.335 e. The second-order valence-corrected chi connectivity index (χ2v) is 5.74. The average molecular weight is 333 g/mol. The Labute approximate surface area is 145 Å². The van der Waals surface area contributed by atoms with E-state index in [-0.39, 0.29) is 12.4 Å². The van der Waals surface area contributed by atoms with Crippen molar-refractivity contribution in [3.05, 3.63) is 59.7 Å². The number of hydrogen-bond donors (Lipinski definition) is 1. The Morgan fingerprint density at radius 2 is 1.35 bits per heavy atom. The summed E-state index contributed by atoms with van der Waals surface area (Å²) in [7, 11) is 0. The van der Waals surface area contributed by atoms with Crippen molar-refractivity contribution in [2.24, 2.45) is 0 Å². The fourth-order valence-electron chi connectivity index (χ4n) is 2.60. The summed E-state index contributed by atoms with van der Waals surface area (Å²) >= 11 is 0. The number of hydrogen-bond acceptors (Lipinski definition) is 1. The molecule has 2 rings (SSSR count). The van der Waals surface area contributed by atoms with Crippen molar-refractivity contribution >= 4 is 18.4 Å². The van der Waals surface area contributed by atoms with Gasteiger partial charge >= 0.3 is 5.97 Å². The first kappa shape index (κ1) is 19.2. The molecule has 0 aliphatic rings. The van der Waals surface area contributed by atoms with Gasteiger partial charge in [0.1, 0.15) is 0 Å². The van der Waals surface area contributed by atoms with E-state index < -0.39 is 5.97 Å². The van der Waals surface area contributed by atoms with Gasteiger partial charge in [-0.3, -0.25) is 0 Å². The van der Waals surface area contributed by atoms with E-state index in [9.17, 15) is 4.79 Å². The topological polar surface area (TPSA) is 37.3 Å². The van der Waals surface area contributed by atoms with E-state index >= 15 is 0 Å². The van der Waals surface area contributed by atoms with Crippen LogP contribution in [0.3, 0.4) is 0 Å². The molecule has 0 aliphatic heterocycles. The molecule has 2 aromatic rings. The standard InChI is InChI=1S/C20H24O2.ClH/c1-2-3-4-5-6-7-16-8-10-17(11-9-16)18-12-14-19(15-13-18)20(21)22;/h8-15H,2-7H2,1H3,(H,21,22);1H. The van der Waals surface area contributed by atoms with Crippen LogP contribution < -0.4 is 0 Å². The average Bonchev–Trinajstić information content (AvgIpc) is 2.55. The second-order valence-electron chi connectivity index (χ2n) is 5.74. The van der Waals surface area contributed by atoms with Crippen LogP contribution in [0.1, 0.15) is 54.9 Å². The Kier molecular flexibility index (Phi) is 8.42. The summed E-state index contributed by atoms with van der Waals surface area (Å²) in [6.45, 7) is 2.24. The van der Waals surface area contributed by atoms with Crippen molar-refractivity contribution in [2.45, 2.75) is 45.4 Å². The number of benzene rings is 2. The molecule has 0 saturated heterocycles. The zero-order valence-corrected chi connectivity index (χ0v) is 14.4. The van der Waals surface area contributed by atoms with Crippen LogP contribution in [-0.4, -0.2) is 11.1 Å². The molecule has 0 spiro atoms. The number of aromatic carboxylic acids is 1. The van der Waals surface area contributed by atoms with Gasteiger partial charge in [-0.05, 0) is 41.7 Å². The summed E-state index contributed by atoms with van der Waals surface area (Å²) in [5.74, 6) is -0.884. The van der Waals surface area contributed by atoms with Gasteiger partial charge in [-0.2, -0.15) is 0 Å². The third-order valence-corrected chi connectivity index (χ3v) is 3.99. The van der Waals surface area contributed by atoms with Gasteiger partial charge in [-0.1, -0.05) is 69.0 Å². The van der Waals surface area contributed by atoms with Gasteiger partial charge in [0.05, 0.1) is 5.56 Å². The molecule has 1 N–H and O–H groups in total. The molecular weight excluding hydrogens is 308 g/mol. The molecule has 124 valence electrons. The van der Waals surface area contributed by atoms with Crippen molar-refractivity contribution in [3.63, 3.8) is 0 Å². The summed E-state index contributed by atoms with van der Waals surface area (Å²) < 4.78 is 0. The summed E-state index contributed by atoms with van der Waals surface area (Å²) in [6, 6.07) is 15.6. The Morgan fingerprint density at radius 3 is 1.87 bits per heavy atom. The SMILES string of the molecule is CCCCCCCc1ccc(-c2ccc(C(=O)O)cc2)cc1.Cl. The third-order valence-electron chi connectivity index (χ3n) is 3.99. The fraction of sp³-hybridized carbons (Fsp3) is 0.350. The van der Waals surface area contributed by atoms with Crippen molar-refractivity contribution in [3.8, 4) is 11.1 Å². The molecule has 23 heavy (non-hydrogen) atoms. The van der Waals surface area contributed by atoms with Crippen molar-refractivity contribution < 1.29 is 9.90 Å². The third kappa shape index (κ3) is 6.07. The maximum absolute atomic E-state index is 10.9. The van der Waals surface area contributed by atoms with Crippen LogP contribution >= 0.6 is 12.4 Å². The molecule has 0 aromatic heterocycles. The number of unbranched alkanes of at least 4 members (excludes halogenated alkanes) is 4. The number of carboxylic acid groups (broad SMARTS) is 1. The first-order chi connectivity index (χ1) is 10.7. The van der Waals surface area contributed by atoms with E-state index in [2.05, 4.69) is 31.2 Å². The highest BCUT2D eigenvalue weighted by Crippen LogP contribution is 2.21. The summed E-state index contributed by atoms with van der Waals surface area (Å²) in [5.41, 5.74) is 3.89. The molecule has 0 unspecified atom stereocenters. The van der Waals surface area contributed by atoms with E-state index in [1.807, 2.05) is 12.1 Å². The Balaban J connectivity index is 0.00000264. The van der Waals surface area contributed by atoms with E-state index in [1.54, 1.807) is 12.1 Å². The first-order valence-corrected chi connectivity index (χ1v) is 8.13. The van der Waals surface area contributed by atoms with Gasteiger partial charge in [0.25, 0.3) is 0 Å². The largest absolute Gasteiger partial charge is 0.478 e. The minimum atomic E-state index is -0.884. The molecule has 2 nitrogen and oxygen atoms in total. The molecule has 0 amide bonds. The normalized spacial score (nSPS) is 10.1. The van der Waals surface area contributed by atoms with Crippen LogP contribution in [0.5, 0.6) is 0 Å². The molecule has 0 fully saturated rings. The van der Waals surface area contributed by atoms with Gasteiger partial charge in [-0.25, -0.2) is 4.79 Å². The van der Waals surface area contributed by atoms with Gasteiger partial charge in [-0.15, -0.1) is 12.4 Å². The van der Waals surface area contributed by atoms with Crippen molar-refractivity contribution in [2.75, 3.05) is 0 Å². The maximum Gasteiger partial charge on any atom is 0.335 e. The van der Waals surface area contributed by atoms with Gasteiger partial charge in [0, 0.05) is 0 Å². The summed E-state index contributed by atoms with van der Waals surface area (Å²) in [6.07, 6.45) is 7.67. The second kappa shape index (κ2) is 10.1. The van der Waals surface area contributed by atoms with Gasteiger partial charge in [0.2, 0.25) is 0 Å². The van der Waals surface area contributed by atoms with Gasteiger partial charge in [0.15, 0.2) is 0 Å². The number of carbonyl (C=O) groups is 1. The number of carboxylic acids is 1. The Hall–Kier alpha value is -1.80. The van der Waals surface area contributed by atoms with Crippen LogP contribution in [0.25, 0.3) is 11.1 Å². The van der Waals surface area contributed by atoms with Crippen LogP contribution in [0.4, 0.5) is 0 Å². The van der Waals surface area contributed by atoms with E-state index in [4.69, 9.17) is 5.11 Å². The van der Waals surface area contributed by atoms with E-state index in [0.717, 1.165) is 17.5 Å². The highest BCUT2D eigenvalue weighted by atomic mass is 35.5. The van der Waals surface area contributed by atoms with Crippen molar-refractivity contribution in [1.29, 1.82) is 0 Å². The van der Waals surface area contributed by atoms with Crippen molar-refractivity contribution in [1.82, 2.24) is 0 Å². The molecule has 2 aromatic carbocycles. The lowest BCUT2D eigenvalue weighted by molar-refractivity contribution is 0.0697. The molecule has 0 radical (unpaired) electrons. The first-order valence-electron chi connectivity index (χ1n) is 8.13. The lowest BCUT2D eigenvalue weighted by Gasteiger charge is -2.05. The highest BCUT2D eigenvalue weighted by molar-refractivity contribution is 5.88. The monoisotopic (exact) mass is 332 g/mol. The molecule has 0 saturated carbocycles. The molecule has 0 heterocycles. The predicted octanol–water partition coefficient (Wildman–Crippen LogP) is 5.99. The predicted molar refractivity (Wildman–Crippen MR) is 98.5 cm³/mol.